The van der Waals surface area contributed by atoms with E-state index in [0.29, 0.717) is 11.6 Å². The normalized spacial score (nSPS) is 11.7. The van der Waals surface area contributed by atoms with Crippen LogP contribution in [0.1, 0.15) is 0 Å². The highest BCUT2D eigenvalue weighted by Crippen LogP contribution is 2.45. The summed E-state index contributed by atoms with van der Waals surface area (Å²) in [5.41, 5.74) is 30.8. The summed E-state index contributed by atoms with van der Waals surface area (Å²) in [7, 11) is 0. The van der Waals surface area contributed by atoms with Gasteiger partial charge in [0.1, 0.15) is 11.3 Å². The first-order valence-corrected chi connectivity index (χ1v) is 40.8. The molecule has 24 rings (SSSR count). The van der Waals surface area contributed by atoms with Crippen LogP contribution in [0, 0.1) is 0 Å². The quantitative estimate of drug-likeness (QED) is 0.122. The van der Waals surface area contributed by atoms with Gasteiger partial charge in [-0.15, -0.1) is 0 Å². The van der Waals surface area contributed by atoms with Crippen molar-refractivity contribution in [3.8, 4) is 124 Å². The van der Waals surface area contributed by atoms with Crippen molar-refractivity contribution in [3.63, 3.8) is 0 Å². The minimum Gasteiger partial charge on any atom is -0.293 e. The number of nitrogens with zero attached hydrogens (tertiary/aromatic N) is 8. The van der Waals surface area contributed by atoms with Crippen molar-refractivity contribution in [2.24, 2.45) is 0 Å². The van der Waals surface area contributed by atoms with Gasteiger partial charge in [0.15, 0.2) is 11.6 Å². The molecule has 0 aliphatic carbocycles. The highest BCUT2D eigenvalue weighted by molar-refractivity contribution is 6.11. The SMILES string of the molecule is c1ccc(-n2c3ccccc3n3c4ccccc4c(-c4ccc(-c5cccc(-c6cc(-c7ccc8ccccc8c7)nc(-c7ccc8ccccc8c7)n6)c5)cc4)c23)cc1.c1ccc(-n2c3ccccc3n3c4ccccc4c(-c4cccc(-c5ccc(-c6cc(-c7ccc8ccccc8c7)nc(-c7ccc8ccccc8c7)n6)cc5)c4)c23)cc1. The molecule has 8 heteroatoms. The van der Waals surface area contributed by atoms with Crippen LogP contribution < -0.4 is 0 Å². The van der Waals surface area contributed by atoms with E-state index in [1.165, 1.54) is 104 Å². The molecule has 0 fully saturated rings. The van der Waals surface area contributed by atoms with Crippen LogP contribution in [0.15, 0.2) is 437 Å². The molecule has 0 atom stereocenters. The predicted octanol–water partition coefficient (Wildman–Crippen LogP) is 28.9. The van der Waals surface area contributed by atoms with Crippen LogP contribution in [0.3, 0.4) is 0 Å². The standard InChI is InChI=1S/2C56H36N4/c1-2-19-47(20-3-1)59-52-23-10-11-24-53(52)60-51-22-9-8-21-48(51)54(56(59)60)40-29-25-39(26-30-40)43-17-12-18-44(33-43)49-36-50(45-31-27-37-13-4-6-15-41(37)34-45)58-55(57-49)46-32-28-38-14-5-7-16-42(38)35-46;1-2-19-47(20-3-1)59-52-23-10-11-24-53(52)60-51-22-9-8-21-48(51)54(56(59)60)45-18-12-17-43(34-45)39-25-29-40(30-26-39)49-36-50(44-31-27-37-13-4-6-15-41(37)33-44)58-55(57-49)46-32-28-38-14-5-7-16-42(38)35-46/h2*1-36H. The molecule has 0 saturated carbocycles. The lowest BCUT2D eigenvalue weighted by molar-refractivity contribution is 1.15. The molecule has 24 aromatic rings. The Morgan fingerprint density at radius 3 is 0.867 bits per heavy atom. The number of hydrogen-bond acceptors (Lipinski definition) is 4. The zero-order valence-electron chi connectivity index (χ0n) is 65.1. The van der Waals surface area contributed by atoms with Gasteiger partial charge in [-0.25, -0.2) is 19.9 Å². The van der Waals surface area contributed by atoms with Gasteiger partial charge in [0, 0.05) is 66.7 Å². The van der Waals surface area contributed by atoms with Crippen molar-refractivity contribution in [1.29, 1.82) is 0 Å². The van der Waals surface area contributed by atoms with Gasteiger partial charge in [-0.2, -0.15) is 0 Å². The maximum atomic E-state index is 5.24. The Kier molecular flexibility index (Phi) is 16.7. The van der Waals surface area contributed by atoms with E-state index in [-0.39, 0.29) is 0 Å². The lowest BCUT2D eigenvalue weighted by Gasteiger charge is -2.12. The summed E-state index contributed by atoms with van der Waals surface area (Å²) >= 11 is 0. The number of aromatic nitrogens is 8. The zero-order valence-corrected chi connectivity index (χ0v) is 65.1. The van der Waals surface area contributed by atoms with Gasteiger partial charge in [0.05, 0.1) is 55.9 Å². The van der Waals surface area contributed by atoms with E-state index < -0.39 is 0 Å². The summed E-state index contributed by atoms with van der Waals surface area (Å²) < 4.78 is 9.66. The third-order valence-corrected chi connectivity index (χ3v) is 23.8. The average Bonchev–Trinajstić information content (AvgIpc) is 1.55. The Morgan fingerprint density at radius 1 is 0.158 bits per heavy atom. The zero-order chi connectivity index (χ0) is 79.1. The molecule has 8 nitrogen and oxygen atoms in total. The highest BCUT2D eigenvalue weighted by atomic mass is 15.1. The number of fused-ring (bicyclic) bond motifs is 14. The van der Waals surface area contributed by atoms with Crippen LogP contribution >= 0.6 is 0 Å². The third-order valence-electron chi connectivity index (χ3n) is 23.8. The lowest BCUT2D eigenvalue weighted by Crippen LogP contribution is -1.96. The van der Waals surface area contributed by atoms with E-state index in [0.717, 1.165) is 106 Å². The van der Waals surface area contributed by atoms with Gasteiger partial charge in [0.25, 0.3) is 0 Å². The van der Waals surface area contributed by atoms with E-state index >= 15 is 0 Å². The molecule has 0 amide bonds. The smallest absolute Gasteiger partial charge is 0.160 e. The first-order valence-electron chi connectivity index (χ1n) is 40.8. The third kappa shape index (κ3) is 12.2. The number of hydrogen-bond donors (Lipinski definition) is 0. The molecule has 0 unspecified atom stereocenters. The highest BCUT2D eigenvalue weighted by Gasteiger charge is 2.26. The molecule has 0 spiro atoms. The van der Waals surface area contributed by atoms with E-state index in [9.17, 15) is 0 Å². The molecule has 6 heterocycles. The Hall–Kier alpha value is -16.2. The fourth-order valence-corrected chi connectivity index (χ4v) is 18.0. The molecule has 120 heavy (non-hydrogen) atoms. The summed E-state index contributed by atoms with van der Waals surface area (Å²) in [6.45, 7) is 0. The molecule has 0 aliphatic rings. The molecule has 0 saturated heterocycles. The summed E-state index contributed by atoms with van der Waals surface area (Å²) in [5.74, 6) is 1.41. The molecule has 0 N–H and O–H groups in total. The molecule has 18 aromatic carbocycles. The average molecular weight is 1530 g/mol. The second kappa shape index (κ2) is 29.0. The molecular weight excluding hydrogens is 1460 g/mol. The molecular formula is C112H72N8. The number of rotatable bonds is 12. The maximum absolute atomic E-state index is 5.24. The van der Waals surface area contributed by atoms with Crippen LogP contribution in [0.2, 0.25) is 0 Å². The van der Waals surface area contributed by atoms with E-state index in [1.807, 2.05) is 0 Å². The second-order valence-corrected chi connectivity index (χ2v) is 30.9. The van der Waals surface area contributed by atoms with Gasteiger partial charge in [-0.3, -0.25) is 17.9 Å². The number of benzene rings is 18. The summed E-state index contributed by atoms with van der Waals surface area (Å²) in [6, 6.07) is 156. The Morgan fingerprint density at radius 2 is 0.442 bits per heavy atom. The summed E-state index contributed by atoms with van der Waals surface area (Å²) in [4.78, 5) is 20.8. The fourth-order valence-electron chi connectivity index (χ4n) is 18.0. The minimum absolute atomic E-state index is 0.704. The van der Waals surface area contributed by atoms with Crippen molar-refractivity contribution < 1.29 is 0 Å². The Bertz CT molecular complexity index is 7960. The van der Waals surface area contributed by atoms with E-state index in [1.54, 1.807) is 0 Å². The van der Waals surface area contributed by atoms with Crippen molar-refractivity contribution >= 4 is 98.3 Å². The molecule has 0 radical (unpaired) electrons. The van der Waals surface area contributed by atoms with Gasteiger partial charge >= 0.3 is 0 Å². The topological polar surface area (TPSA) is 70.2 Å². The molecule has 0 bridgehead atoms. The van der Waals surface area contributed by atoms with Crippen LogP contribution in [0.25, 0.3) is 222 Å². The van der Waals surface area contributed by atoms with E-state index in [4.69, 9.17) is 19.9 Å². The number of imidazole rings is 2. The first-order chi connectivity index (χ1) is 59.5. The Labute approximate surface area is 692 Å². The minimum atomic E-state index is 0.704. The largest absolute Gasteiger partial charge is 0.293 e. The summed E-state index contributed by atoms with van der Waals surface area (Å²) in [5, 5.41) is 12.0. The van der Waals surface area contributed by atoms with E-state index in [2.05, 4.69) is 455 Å². The van der Waals surface area contributed by atoms with Crippen molar-refractivity contribution in [2.45, 2.75) is 0 Å². The molecule has 0 aliphatic heterocycles. The van der Waals surface area contributed by atoms with Crippen LogP contribution in [-0.4, -0.2) is 37.9 Å². The summed E-state index contributed by atoms with van der Waals surface area (Å²) in [6.07, 6.45) is 0. The predicted molar refractivity (Wildman–Crippen MR) is 499 cm³/mol. The van der Waals surface area contributed by atoms with Gasteiger partial charge < -0.3 is 0 Å². The molecule has 6 aromatic heterocycles. The van der Waals surface area contributed by atoms with Crippen LogP contribution in [0.4, 0.5) is 0 Å². The van der Waals surface area contributed by atoms with Gasteiger partial charge in [0.2, 0.25) is 0 Å². The maximum Gasteiger partial charge on any atom is 0.160 e. The lowest BCUT2D eigenvalue weighted by atomic mass is 9.97. The van der Waals surface area contributed by atoms with Crippen LogP contribution in [0.5, 0.6) is 0 Å². The van der Waals surface area contributed by atoms with Gasteiger partial charge in [-0.1, -0.05) is 328 Å². The van der Waals surface area contributed by atoms with Gasteiger partial charge in [-0.05, 0) is 186 Å². The second-order valence-electron chi connectivity index (χ2n) is 30.9. The Balaban J connectivity index is 0.000000140. The van der Waals surface area contributed by atoms with Crippen molar-refractivity contribution in [3.05, 3.63) is 437 Å². The van der Waals surface area contributed by atoms with Crippen molar-refractivity contribution in [2.75, 3.05) is 0 Å². The first kappa shape index (κ1) is 69.4. The van der Waals surface area contributed by atoms with Crippen molar-refractivity contribution in [1.82, 2.24) is 37.9 Å². The fraction of sp³-hybridized carbons (Fsp3) is 0. The molecule has 560 valence electrons. The monoisotopic (exact) mass is 1530 g/mol. The van der Waals surface area contributed by atoms with Crippen LogP contribution in [-0.2, 0) is 0 Å². The number of para-hydroxylation sites is 8.